The Morgan fingerprint density at radius 2 is 1.54 bits per heavy atom. The number of aliphatic carboxylic acids is 1. The van der Waals surface area contributed by atoms with Crippen molar-refractivity contribution in [2.24, 2.45) is 11.8 Å². The van der Waals surface area contributed by atoms with Crippen LogP contribution < -0.4 is 10.6 Å². The Morgan fingerprint density at radius 3 is 2.22 bits per heavy atom. The maximum Gasteiger partial charge on any atom is 0.407 e. The van der Waals surface area contributed by atoms with E-state index in [2.05, 4.69) is 39.8 Å². The number of carbonyl (C=O) groups is 3. The lowest BCUT2D eigenvalue weighted by Gasteiger charge is -2.24. The predicted molar refractivity (Wildman–Crippen MR) is 154 cm³/mol. The van der Waals surface area contributed by atoms with E-state index in [0.29, 0.717) is 11.8 Å². The van der Waals surface area contributed by atoms with Gasteiger partial charge in [0.1, 0.15) is 12.6 Å². The maximum absolute atomic E-state index is 13.3. The highest BCUT2D eigenvalue weighted by Crippen LogP contribution is 2.44. The van der Waals surface area contributed by atoms with E-state index >= 15 is 0 Å². The van der Waals surface area contributed by atoms with Crippen LogP contribution >= 0.6 is 0 Å². The molecule has 4 unspecified atom stereocenters. The van der Waals surface area contributed by atoms with E-state index in [1.165, 1.54) is 5.56 Å². The van der Waals surface area contributed by atoms with Gasteiger partial charge >= 0.3 is 12.1 Å². The van der Waals surface area contributed by atoms with E-state index < -0.39 is 30.4 Å². The van der Waals surface area contributed by atoms with Crippen molar-refractivity contribution < 1.29 is 24.2 Å². The van der Waals surface area contributed by atoms with E-state index in [-0.39, 0.29) is 18.6 Å². The lowest BCUT2D eigenvalue weighted by molar-refractivity contribution is -0.140. The van der Waals surface area contributed by atoms with Crippen LogP contribution in [0.25, 0.3) is 11.1 Å². The number of nitrogens with one attached hydrogen (secondary N) is 2. The first-order valence-corrected chi connectivity index (χ1v) is 14.4. The number of carboxylic acid groups (broad SMARTS) is 1. The monoisotopic (exact) mass is 553 g/mol. The Bertz CT molecular complexity index is 1380. The number of fused-ring (bicyclic) bond motifs is 4. The van der Waals surface area contributed by atoms with Gasteiger partial charge in [-0.1, -0.05) is 78.9 Å². The summed E-state index contributed by atoms with van der Waals surface area (Å²) >= 11 is 0. The van der Waals surface area contributed by atoms with E-state index in [0.717, 1.165) is 54.7 Å². The number of carbonyl (C=O) groups excluding carboxylic acids is 2. The Kier molecular flexibility index (Phi) is 7.74. The average Bonchev–Trinajstić information content (AvgIpc) is 3.64. The quantitative estimate of drug-likeness (QED) is 0.363. The molecule has 0 radical (unpaired) electrons. The molecule has 2 aliphatic carbocycles. The lowest BCUT2D eigenvalue weighted by atomic mass is 9.97. The molecule has 212 valence electrons. The fraction of sp³-hybridized carbons (Fsp3) is 0.364. The third kappa shape index (κ3) is 5.84. The number of alkyl carbamates (subject to hydrolysis) is 1. The number of likely N-dealkylation sites (tertiary alicyclic amines) is 1. The summed E-state index contributed by atoms with van der Waals surface area (Å²) in [5.41, 5.74) is 5.65. The minimum Gasteiger partial charge on any atom is -0.481 e. The molecule has 2 amide bonds. The minimum absolute atomic E-state index is 0.0473. The zero-order valence-corrected chi connectivity index (χ0v) is 22.9. The minimum atomic E-state index is -1.22. The number of hydrogen-bond donors (Lipinski definition) is 3. The van der Waals surface area contributed by atoms with Crippen molar-refractivity contribution in [3.05, 3.63) is 95.6 Å². The van der Waals surface area contributed by atoms with Gasteiger partial charge in [-0.2, -0.15) is 0 Å². The molecule has 4 atom stereocenters. The second-order valence-electron chi connectivity index (χ2n) is 11.4. The molecule has 3 aromatic rings. The van der Waals surface area contributed by atoms with E-state index in [4.69, 9.17) is 4.74 Å². The van der Waals surface area contributed by atoms with Gasteiger partial charge in [0.15, 0.2) is 0 Å². The van der Waals surface area contributed by atoms with Crippen LogP contribution in [0.15, 0.2) is 78.9 Å². The van der Waals surface area contributed by atoms with Gasteiger partial charge in [0.2, 0.25) is 5.91 Å². The maximum atomic E-state index is 13.3. The zero-order chi connectivity index (χ0) is 28.3. The third-order valence-electron chi connectivity index (χ3n) is 8.84. The molecule has 0 spiro atoms. The number of carboxylic acids is 1. The van der Waals surface area contributed by atoms with Crippen molar-refractivity contribution in [2.75, 3.05) is 19.7 Å². The van der Waals surface area contributed by atoms with Gasteiger partial charge in [0.25, 0.3) is 0 Å². The SMILES string of the molecule is O=C(O)CC(NC(=O)OCC1c2ccccc2-c2ccccc21)C(=O)NC1CCC2CN(Cc3ccccc3)CC21. The van der Waals surface area contributed by atoms with Crippen LogP contribution in [0.2, 0.25) is 0 Å². The Labute approximate surface area is 239 Å². The third-order valence-corrected chi connectivity index (χ3v) is 8.84. The normalized spacial score (nSPS) is 21.9. The van der Waals surface area contributed by atoms with Crippen LogP contribution in [0.1, 0.15) is 41.9 Å². The highest BCUT2D eigenvalue weighted by molar-refractivity contribution is 5.89. The molecule has 0 bridgehead atoms. The number of benzene rings is 3. The molecular formula is C33H35N3O5. The van der Waals surface area contributed by atoms with Crippen LogP contribution in [0.4, 0.5) is 4.79 Å². The smallest absolute Gasteiger partial charge is 0.407 e. The number of rotatable bonds is 9. The summed E-state index contributed by atoms with van der Waals surface area (Å²) in [5, 5.41) is 15.1. The largest absolute Gasteiger partial charge is 0.481 e. The summed E-state index contributed by atoms with van der Waals surface area (Å²) in [6, 6.07) is 25.1. The lowest BCUT2D eigenvalue weighted by Crippen LogP contribution is -2.52. The predicted octanol–water partition coefficient (Wildman–Crippen LogP) is 4.40. The van der Waals surface area contributed by atoms with Crippen LogP contribution in [0.3, 0.4) is 0 Å². The van der Waals surface area contributed by atoms with Gasteiger partial charge in [-0.3, -0.25) is 14.5 Å². The van der Waals surface area contributed by atoms with Gasteiger partial charge in [0, 0.05) is 31.6 Å². The van der Waals surface area contributed by atoms with Crippen molar-refractivity contribution in [3.8, 4) is 11.1 Å². The molecule has 2 fully saturated rings. The summed E-state index contributed by atoms with van der Waals surface area (Å²) in [5.74, 6) is -0.965. The molecule has 3 aliphatic rings. The Hall–Kier alpha value is -4.17. The van der Waals surface area contributed by atoms with Gasteiger partial charge in [-0.15, -0.1) is 0 Å². The summed E-state index contributed by atoms with van der Waals surface area (Å²) in [6.07, 6.45) is 0.555. The molecule has 0 aromatic heterocycles. The molecule has 3 aromatic carbocycles. The summed E-state index contributed by atoms with van der Waals surface area (Å²) < 4.78 is 5.58. The number of amides is 2. The molecule has 1 aliphatic heterocycles. The summed E-state index contributed by atoms with van der Waals surface area (Å²) in [7, 11) is 0. The van der Waals surface area contributed by atoms with E-state index in [9.17, 15) is 19.5 Å². The topological polar surface area (TPSA) is 108 Å². The van der Waals surface area contributed by atoms with Crippen LogP contribution in [-0.4, -0.2) is 59.8 Å². The van der Waals surface area contributed by atoms with Crippen LogP contribution in [0, 0.1) is 11.8 Å². The standard InChI is InChI=1S/C33H35N3O5/c37-31(38)16-30(32(39)34-29-15-14-22-18-36(19-27(22)29)17-21-8-2-1-3-9-21)35-33(40)41-20-28-25-12-6-4-10-23(25)24-11-5-7-13-26(24)28/h1-13,22,27-30H,14-20H2,(H,34,39)(H,35,40)(H,37,38). The fourth-order valence-corrected chi connectivity index (χ4v) is 6.96. The molecule has 1 saturated heterocycles. The molecule has 1 heterocycles. The average molecular weight is 554 g/mol. The first-order chi connectivity index (χ1) is 20.0. The molecule has 41 heavy (non-hydrogen) atoms. The first-order valence-electron chi connectivity index (χ1n) is 14.4. The van der Waals surface area contributed by atoms with Gasteiger partial charge in [-0.25, -0.2) is 4.79 Å². The van der Waals surface area contributed by atoms with Gasteiger partial charge < -0.3 is 20.5 Å². The number of nitrogens with zero attached hydrogens (tertiary/aromatic N) is 1. The van der Waals surface area contributed by atoms with Gasteiger partial charge in [0.05, 0.1) is 6.42 Å². The summed E-state index contributed by atoms with van der Waals surface area (Å²) in [6.45, 7) is 2.83. The molecule has 8 heteroatoms. The highest BCUT2D eigenvalue weighted by Gasteiger charge is 2.43. The van der Waals surface area contributed by atoms with E-state index in [1.54, 1.807) is 0 Å². The molecular weight excluding hydrogens is 518 g/mol. The molecule has 8 nitrogen and oxygen atoms in total. The van der Waals surface area contributed by atoms with Crippen LogP contribution in [-0.2, 0) is 20.9 Å². The van der Waals surface area contributed by atoms with Crippen molar-refractivity contribution in [3.63, 3.8) is 0 Å². The Balaban J connectivity index is 1.06. The number of ether oxygens (including phenoxy) is 1. The van der Waals surface area contributed by atoms with Gasteiger partial charge in [-0.05, 0) is 52.5 Å². The second-order valence-corrected chi connectivity index (χ2v) is 11.4. The fourth-order valence-electron chi connectivity index (χ4n) is 6.96. The van der Waals surface area contributed by atoms with Crippen molar-refractivity contribution >= 4 is 18.0 Å². The highest BCUT2D eigenvalue weighted by atomic mass is 16.5. The summed E-state index contributed by atoms with van der Waals surface area (Å²) in [4.78, 5) is 40.1. The van der Waals surface area contributed by atoms with E-state index in [1.807, 2.05) is 54.6 Å². The Morgan fingerprint density at radius 1 is 0.878 bits per heavy atom. The first kappa shape index (κ1) is 27.0. The second kappa shape index (κ2) is 11.7. The molecule has 3 N–H and O–H groups in total. The van der Waals surface area contributed by atoms with Crippen molar-refractivity contribution in [1.82, 2.24) is 15.5 Å². The van der Waals surface area contributed by atoms with Crippen molar-refractivity contribution in [1.29, 1.82) is 0 Å². The van der Waals surface area contributed by atoms with Crippen molar-refractivity contribution in [2.45, 2.75) is 43.8 Å². The molecule has 1 saturated carbocycles. The van der Waals surface area contributed by atoms with Crippen LogP contribution in [0.5, 0.6) is 0 Å². The zero-order valence-electron chi connectivity index (χ0n) is 22.9. The number of hydrogen-bond acceptors (Lipinski definition) is 5. The molecule has 6 rings (SSSR count).